The van der Waals surface area contributed by atoms with Crippen molar-refractivity contribution in [2.75, 3.05) is 0 Å². The first kappa shape index (κ1) is 8.91. The van der Waals surface area contributed by atoms with Gasteiger partial charge in [-0.15, -0.1) is 6.42 Å². The van der Waals surface area contributed by atoms with E-state index in [4.69, 9.17) is 16.9 Å². The van der Waals surface area contributed by atoms with Crippen LogP contribution in [0.5, 0.6) is 0 Å². The molecule has 1 rings (SSSR count). The van der Waals surface area contributed by atoms with Crippen molar-refractivity contribution in [1.29, 1.82) is 10.5 Å². The fraction of sp³-hybridized carbons (Fsp3) is 0.100. The van der Waals surface area contributed by atoms with Crippen molar-refractivity contribution < 1.29 is 0 Å². The van der Waals surface area contributed by atoms with Gasteiger partial charge in [-0.25, -0.2) is 0 Å². The molecule has 0 atom stereocenters. The van der Waals surface area contributed by atoms with Crippen molar-refractivity contribution in [3.63, 3.8) is 0 Å². The maximum absolute atomic E-state index is 8.68. The highest BCUT2D eigenvalue weighted by Gasteiger charge is 2.04. The minimum Gasteiger partial charge on any atom is -0.341 e. The summed E-state index contributed by atoms with van der Waals surface area (Å²) < 4.78 is 1.70. The Balaban J connectivity index is 3.02. The molecule has 0 saturated heterocycles. The van der Waals surface area contributed by atoms with Crippen LogP contribution in [0.2, 0.25) is 0 Å². The SMILES string of the molecule is C#CCn1cc(C#N)c([CH]C#N)c1. The Bertz CT molecular complexity index is 420. The van der Waals surface area contributed by atoms with Crippen LogP contribution in [0, 0.1) is 41.4 Å². The summed E-state index contributed by atoms with van der Waals surface area (Å²) in [5.41, 5.74) is 1.08. The van der Waals surface area contributed by atoms with Crippen LogP contribution in [0.3, 0.4) is 0 Å². The standard InChI is InChI=1S/C10H6N3/c1-2-5-13-7-9(3-4-11)10(6-12)8-13/h1,3,7-8H,5H2. The van der Waals surface area contributed by atoms with E-state index >= 15 is 0 Å². The zero-order chi connectivity index (χ0) is 9.68. The number of aromatic nitrogens is 1. The van der Waals surface area contributed by atoms with Gasteiger partial charge >= 0.3 is 0 Å². The second-order valence-corrected chi connectivity index (χ2v) is 2.39. The molecule has 3 heteroatoms. The Morgan fingerprint density at radius 3 is 2.77 bits per heavy atom. The molecule has 13 heavy (non-hydrogen) atoms. The van der Waals surface area contributed by atoms with Crippen LogP contribution in [0.1, 0.15) is 11.1 Å². The third kappa shape index (κ3) is 1.89. The molecule has 0 fully saturated rings. The molecular formula is C10H6N3. The molecule has 3 nitrogen and oxygen atoms in total. The Morgan fingerprint density at radius 2 is 2.23 bits per heavy atom. The molecule has 0 bridgehead atoms. The highest BCUT2D eigenvalue weighted by molar-refractivity contribution is 5.43. The van der Waals surface area contributed by atoms with Crippen LogP contribution >= 0.6 is 0 Å². The summed E-state index contributed by atoms with van der Waals surface area (Å²) in [4.78, 5) is 0. The quantitative estimate of drug-likeness (QED) is 0.620. The summed E-state index contributed by atoms with van der Waals surface area (Å²) in [5, 5.41) is 17.1. The van der Waals surface area contributed by atoms with Crippen LogP contribution in [0.25, 0.3) is 0 Å². The van der Waals surface area contributed by atoms with Crippen LogP contribution < -0.4 is 0 Å². The van der Waals surface area contributed by atoms with Gasteiger partial charge in [0, 0.05) is 18.0 Å². The lowest BCUT2D eigenvalue weighted by Gasteiger charge is -1.90. The summed E-state index contributed by atoms with van der Waals surface area (Å²) in [6, 6.07) is 3.86. The number of hydrogen-bond donors (Lipinski definition) is 0. The zero-order valence-electron chi connectivity index (χ0n) is 6.86. The summed E-state index contributed by atoms with van der Waals surface area (Å²) in [5.74, 6) is 2.45. The van der Waals surface area contributed by atoms with E-state index in [1.54, 1.807) is 17.0 Å². The molecule has 61 valence electrons. The Labute approximate surface area is 76.8 Å². The average Bonchev–Trinajstić information content (AvgIpc) is 2.49. The predicted molar refractivity (Wildman–Crippen MR) is 47.0 cm³/mol. The number of nitrogens with zero attached hydrogens (tertiary/aromatic N) is 3. The Morgan fingerprint density at radius 1 is 1.46 bits per heavy atom. The molecular weight excluding hydrogens is 162 g/mol. The molecule has 0 spiro atoms. The molecule has 1 aromatic heterocycles. The minimum absolute atomic E-state index is 0.411. The van der Waals surface area contributed by atoms with E-state index in [0.29, 0.717) is 17.7 Å². The van der Waals surface area contributed by atoms with Gasteiger partial charge in [0.15, 0.2) is 0 Å². The molecule has 1 heterocycles. The van der Waals surface area contributed by atoms with Gasteiger partial charge in [0.1, 0.15) is 6.07 Å². The molecule has 0 aliphatic heterocycles. The first-order valence-corrected chi connectivity index (χ1v) is 3.58. The minimum atomic E-state index is 0.411. The fourth-order valence-corrected chi connectivity index (χ4v) is 1.00. The predicted octanol–water partition coefficient (Wildman–Crippen LogP) is 1.07. The first-order valence-electron chi connectivity index (χ1n) is 3.58. The van der Waals surface area contributed by atoms with Crippen molar-refractivity contribution in [2.24, 2.45) is 0 Å². The van der Waals surface area contributed by atoms with Crippen molar-refractivity contribution in [3.05, 3.63) is 29.9 Å². The van der Waals surface area contributed by atoms with Gasteiger partial charge in [-0.05, 0) is 0 Å². The molecule has 0 aliphatic carbocycles. The third-order valence-corrected chi connectivity index (χ3v) is 1.53. The van der Waals surface area contributed by atoms with E-state index in [-0.39, 0.29) is 0 Å². The Hall–Kier alpha value is -2.18. The second-order valence-electron chi connectivity index (χ2n) is 2.39. The van der Waals surface area contributed by atoms with Crippen LogP contribution in [-0.2, 0) is 6.54 Å². The average molecular weight is 168 g/mol. The maximum atomic E-state index is 8.68. The first-order chi connectivity index (χ1) is 6.31. The fourth-order valence-electron chi connectivity index (χ4n) is 1.00. The van der Waals surface area contributed by atoms with Crippen molar-refractivity contribution in [1.82, 2.24) is 4.57 Å². The van der Waals surface area contributed by atoms with Crippen molar-refractivity contribution >= 4 is 0 Å². The van der Waals surface area contributed by atoms with Gasteiger partial charge < -0.3 is 4.57 Å². The van der Waals surface area contributed by atoms with E-state index in [0.717, 1.165) is 0 Å². The molecule has 0 saturated carbocycles. The molecule has 0 unspecified atom stereocenters. The molecule has 1 aromatic rings. The molecule has 1 radical (unpaired) electrons. The number of nitriles is 2. The summed E-state index contributed by atoms with van der Waals surface area (Å²) >= 11 is 0. The normalized spacial score (nSPS) is 8.38. The van der Waals surface area contributed by atoms with Crippen LogP contribution in [-0.4, -0.2) is 4.57 Å². The molecule has 0 aromatic carbocycles. The van der Waals surface area contributed by atoms with E-state index < -0.39 is 0 Å². The molecule has 0 N–H and O–H groups in total. The number of hydrogen-bond acceptors (Lipinski definition) is 2. The summed E-state index contributed by atoms with van der Waals surface area (Å²) in [7, 11) is 0. The van der Waals surface area contributed by atoms with Gasteiger partial charge in [0.25, 0.3) is 0 Å². The van der Waals surface area contributed by atoms with Gasteiger partial charge in [0.2, 0.25) is 0 Å². The van der Waals surface area contributed by atoms with E-state index in [1.807, 2.05) is 12.1 Å². The smallest absolute Gasteiger partial charge is 0.101 e. The Kier molecular flexibility index (Phi) is 2.74. The highest BCUT2D eigenvalue weighted by atomic mass is 14.9. The molecule has 0 aliphatic rings. The van der Waals surface area contributed by atoms with Gasteiger partial charge in [-0.3, -0.25) is 0 Å². The van der Waals surface area contributed by atoms with Gasteiger partial charge in [0.05, 0.1) is 24.6 Å². The van der Waals surface area contributed by atoms with Gasteiger partial charge in [-0.1, -0.05) is 5.92 Å². The molecule has 0 amide bonds. The third-order valence-electron chi connectivity index (χ3n) is 1.53. The van der Waals surface area contributed by atoms with Crippen molar-refractivity contribution in [2.45, 2.75) is 6.54 Å². The number of rotatable bonds is 2. The van der Waals surface area contributed by atoms with Crippen molar-refractivity contribution in [3.8, 4) is 24.5 Å². The van der Waals surface area contributed by atoms with E-state index in [2.05, 4.69) is 5.92 Å². The summed E-state index contributed by atoms with van der Waals surface area (Å²) in [6.07, 6.45) is 9.74. The van der Waals surface area contributed by atoms with Gasteiger partial charge in [-0.2, -0.15) is 10.5 Å². The lowest BCUT2D eigenvalue weighted by Crippen LogP contribution is -1.89. The highest BCUT2D eigenvalue weighted by Crippen LogP contribution is 2.11. The topological polar surface area (TPSA) is 52.5 Å². The lowest BCUT2D eigenvalue weighted by atomic mass is 10.2. The zero-order valence-corrected chi connectivity index (χ0v) is 6.86. The maximum Gasteiger partial charge on any atom is 0.101 e. The largest absolute Gasteiger partial charge is 0.341 e. The van der Waals surface area contributed by atoms with Crippen LogP contribution in [0.15, 0.2) is 12.4 Å². The van der Waals surface area contributed by atoms with Crippen LogP contribution in [0.4, 0.5) is 0 Å². The van der Waals surface area contributed by atoms with E-state index in [9.17, 15) is 0 Å². The monoisotopic (exact) mass is 168 g/mol. The summed E-state index contributed by atoms with van der Waals surface area (Å²) in [6.45, 7) is 0.411. The lowest BCUT2D eigenvalue weighted by molar-refractivity contribution is 0.849. The second kappa shape index (κ2) is 4.00. The van der Waals surface area contributed by atoms with E-state index in [1.165, 1.54) is 6.42 Å². The number of terminal acetylenes is 1.